The molecule has 0 amide bonds. The van der Waals surface area contributed by atoms with E-state index in [1.807, 2.05) is 0 Å². The van der Waals surface area contributed by atoms with E-state index >= 15 is 0 Å². The van der Waals surface area contributed by atoms with Crippen LogP contribution < -0.4 is 0 Å². The van der Waals surface area contributed by atoms with E-state index in [0.29, 0.717) is 5.41 Å². The maximum absolute atomic E-state index is 2.49. The van der Waals surface area contributed by atoms with Crippen molar-refractivity contribution in [2.75, 3.05) is 0 Å². The minimum atomic E-state index is 0.462. The first-order valence-corrected chi connectivity index (χ1v) is 7.56. The van der Waals surface area contributed by atoms with Gasteiger partial charge in [-0.3, -0.25) is 0 Å². The molecule has 98 valence electrons. The van der Waals surface area contributed by atoms with E-state index < -0.39 is 0 Å². The molecule has 3 unspecified atom stereocenters. The van der Waals surface area contributed by atoms with E-state index in [1.165, 1.54) is 32.1 Å². The summed E-state index contributed by atoms with van der Waals surface area (Å²) in [5.74, 6) is 3.83. The highest BCUT2D eigenvalue weighted by molar-refractivity contribution is 5.18. The zero-order chi connectivity index (χ0) is 12.6. The predicted molar refractivity (Wildman–Crippen MR) is 75.9 cm³/mol. The molecular formula is C17H30. The van der Waals surface area contributed by atoms with Crippen LogP contribution in [-0.4, -0.2) is 0 Å². The second kappa shape index (κ2) is 4.78. The van der Waals surface area contributed by atoms with E-state index in [9.17, 15) is 0 Å². The van der Waals surface area contributed by atoms with Gasteiger partial charge in [-0.2, -0.15) is 0 Å². The summed E-state index contributed by atoms with van der Waals surface area (Å²) in [5.41, 5.74) is 2.09. The molecule has 2 aliphatic carbocycles. The molecule has 0 aromatic carbocycles. The van der Waals surface area contributed by atoms with Crippen LogP contribution in [0.15, 0.2) is 11.6 Å². The van der Waals surface area contributed by atoms with Crippen LogP contribution in [0.1, 0.15) is 66.7 Å². The molecule has 0 saturated heterocycles. The summed E-state index contributed by atoms with van der Waals surface area (Å²) >= 11 is 0. The predicted octanol–water partition coefficient (Wildman–Crippen LogP) is 5.44. The summed E-state index contributed by atoms with van der Waals surface area (Å²) in [6.45, 7) is 12.1. The van der Waals surface area contributed by atoms with Gasteiger partial charge < -0.3 is 0 Å². The van der Waals surface area contributed by atoms with Gasteiger partial charge in [0.15, 0.2) is 0 Å². The monoisotopic (exact) mass is 234 g/mol. The quantitative estimate of drug-likeness (QED) is 0.558. The Morgan fingerprint density at radius 3 is 2.18 bits per heavy atom. The zero-order valence-corrected chi connectivity index (χ0v) is 12.4. The molecule has 0 bridgehead atoms. The van der Waals surface area contributed by atoms with Gasteiger partial charge in [0.05, 0.1) is 0 Å². The first-order valence-electron chi connectivity index (χ1n) is 7.56. The molecule has 0 aromatic heterocycles. The Kier molecular flexibility index (Phi) is 3.71. The van der Waals surface area contributed by atoms with Crippen molar-refractivity contribution in [2.24, 2.45) is 29.1 Å². The molecule has 0 aromatic rings. The molecule has 0 radical (unpaired) electrons. The van der Waals surface area contributed by atoms with Crippen LogP contribution in [0, 0.1) is 29.1 Å². The van der Waals surface area contributed by atoms with Crippen LogP contribution >= 0.6 is 0 Å². The summed E-state index contributed by atoms with van der Waals surface area (Å²) < 4.78 is 0. The lowest BCUT2D eigenvalue weighted by atomic mass is 9.68. The Morgan fingerprint density at radius 2 is 1.71 bits per heavy atom. The standard InChI is InChI=1S/C17H30/c1-12-8-13(2)10-15(9-12)11-16-7-6-14(3)17(16,4)5/h6,12-13,15-16H,7-11H2,1-5H3. The third kappa shape index (κ3) is 2.77. The molecule has 0 nitrogen and oxygen atoms in total. The molecule has 0 heteroatoms. The van der Waals surface area contributed by atoms with Crippen LogP contribution in [0.4, 0.5) is 0 Å². The molecule has 1 fully saturated rings. The van der Waals surface area contributed by atoms with Crippen molar-refractivity contribution in [1.29, 1.82) is 0 Å². The third-order valence-corrected chi connectivity index (χ3v) is 5.64. The highest BCUT2D eigenvalue weighted by Crippen LogP contribution is 2.48. The summed E-state index contributed by atoms with van der Waals surface area (Å²) in [6.07, 6.45) is 9.71. The highest BCUT2D eigenvalue weighted by atomic mass is 14.4. The number of hydrogen-bond acceptors (Lipinski definition) is 0. The van der Waals surface area contributed by atoms with Crippen molar-refractivity contribution >= 4 is 0 Å². The first-order chi connectivity index (χ1) is 7.89. The lowest BCUT2D eigenvalue weighted by molar-refractivity contribution is 0.156. The molecular weight excluding hydrogens is 204 g/mol. The van der Waals surface area contributed by atoms with Gasteiger partial charge in [-0.15, -0.1) is 0 Å². The van der Waals surface area contributed by atoms with Crippen molar-refractivity contribution in [3.63, 3.8) is 0 Å². The van der Waals surface area contributed by atoms with E-state index in [0.717, 1.165) is 23.7 Å². The van der Waals surface area contributed by atoms with E-state index in [4.69, 9.17) is 0 Å². The summed E-state index contributed by atoms with van der Waals surface area (Å²) in [4.78, 5) is 0. The van der Waals surface area contributed by atoms with Gasteiger partial charge in [-0.1, -0.05) is 39.3 Å². The van der Waals surface area contributed by atoms with Crippen LogP contribution in [0.2, 0.25) is 0 Å². The Bertz CT molecular complexity index is 287. The number of rotatable bonds is 2. The van der Waals surface area contributed by atoms with E-state index in [1.54, 1.807) is 5.57 Å². The zero-order valence-electron chi connectivity index (χ0n) is 12.4. The van der Waals surface area contributed by atoms with Gasteiger partial charge >= 0.3 is 0 Å². The maximum atomic E-state index is 2.49. The van der Waals surface area contributed by atoms with Gasteiger partial charge in [0, 0.05) is 0 Å². The molecule has 0 N–H and O–H groups in total. The Morgan fingerprint density at radius 1 is 1.12 bits per heavy atom. The van der Waals surface area contributed by atoms with E-state index in [-0.39, 0.29) is 0 Å². The van der Waals surface area contributed by atoms with Gasteiger partial charge in [0.25, 0.3) is 0 Å². The topological polar surface area (TPSA) is 0 Å². The molecule has 2 aliphatic rings. The van der Waals surface area contributed by atoms with Crippen molar-refractivity contribution in [3.8, 4) is 0 Å². The summed E-state index contributed by atoms with van der Waals surface area (Å²) in [6, 6.07) is 0. The largest absolute Gasteiger partial charge is 0.0848 e. The average molecular weight is 234 g/mol. The molecule has 0 spiro atoms. The molecule has 17 heavy (non-hydrogen) atoms. The van der Waals surface area contributed by atoms with Crippen molar-refractivity contribution in [1.82, 2.24) is 0 Å². The van der Waals surface area contributed by atoms with Gasteiger partial charge in [0.2, 0.25) is 0 Å². The summed E-state index contributed by atoms with van der Waals surface area (Å²) in [7, 11) is 0. The fourth-order valence-electron chi connectivity index (χ4n) is 4.30. The maximum Gasteiger partial charge on any atom is -0.0116 e. The average Bonchev–Trinajstić information content (AvgIpc) is 2.43. The molecule has 1 saturated carbocycles. The van der Waals surface area contributed by atoms with Crippen molar-refractivity contribution in [2.45, 2.75) is 66.7 Å². The van der Waals surface area contributed by atoms with Crippen LogP contribution in [0.5, 0.6) is 0 Å². The fraction of sp³-hybridized carbons (Fsp3) is 0.882. The van der Waals surface area contributed by atoms with Crippen LogP contribution in [0.3, 0.4) is 0 Å². The normalized spacial score (nSPS) is 41.4. The van der Waals surface area contributed by atoms with Crippen LogP contribution in [0.25, 0.3) is 0 Å². The highest BCUT2D eigenvalue weighted by Gasteiger charge is 2.37. The van der Waals surface area contributed by atoms with Crippen LogP contribution in [-0.2, 0) is 0 Å². The molecule has 2 rings (SSSR count). The first kappa shape index (κ1) is 13.2. The fourth-order valence-corrected chi connectivity index (χ4v) is 4.30. The lowest BCUT2D eigenvalue weighted by Crippen LogP contribution is -2.27. The van der Waals surface area contributed by atoms with Gasteiger partial charge in [-0.05, 0) is 68.1 Å². The Balaban J connectivity index is 1.94. The smallest absolute Gasteiger partial charge is 0.0116 e. The third-order valence-electron chi connectivity index (χ3n) is 5.64. The molecule has 3 atom stereocenters. The minimum absolute atomic E-state index is 0.462. The molecule has 0 heterocycles. The second-order valence-corrected chi connectivity index (χ2v) is 7.56. The van der Waals surface area contributed by atoms with Gasteiger partial charge in [0.1, 0.15) is 0 Å². The lowest BCUT2D eigenvalue weighted by Gasteiger charge is -2.37. The Hall–Kier alpha value is -0.260. The Labute approximate surface area is 108 Å². The minimum Gasteiger partial charge on any atom is -0.0848 e. The second-order valence-electron chi connectivity index (χ2n) is 7.56. The number of hydrogen-bond donors (Lipinski definition) is 0. The SMILES string of the molecule is CC1=CCC(CC2CC(C)CC(C)C2)C1(C)C. The number of allylic oxidation sites excluding steroid dienone is 2. The summed E-state index contributed by atoms with van der Waals surface area (Å²) in [5, 5.41) is 0. The van der Waals surface area contributed by atoms with Gasteiger partial charge in [-0.25, -0.2) is 0 Å². The van der Waals surface area contributed by atoms with Crippen molar-refractivity contribution in [3.05, 3.63) is 11.6 Å². The van der Waals surface area contributed by atoms with E-state index in [2.05, 4.69) is 40.7 Å². The molecule has 0 aliphatic heterocycles. The van der Waals surface area contributed by atoms with Crippen molar-refractivity contribution < 1.29 is 0 Å².